The number of fused-ring (bicyclic) bond motifs is 1. The number of hydrogen-bond acceptors (Lipinski definition) is 4. The third kappa shape index (κ3) is 2.46. The van der Waals surface area contributed by atoms with Crippen molar-refractivity contribution in [2.24, 2.45) is 11.3 Å². The standard InChI is InChI=1S/C19H28N4O/c1-13(2)18-19(12-22(18)3)8-15(16(24)9-19)20-10-14-11-21-17-6-4-5-7-23(14)17/h4-7,11,13,15-16,18,20,24H,8-10,12H2,1-3H3/t15-,16-,18?,19?/m1/s1. The van der Waals surface area contributed by atoms with Gasteiger partial charge in [0, 0.05) is 36.8 Å². The first-order valence-electron chi connectivity index (χ1n) is 9.03. The van der Waals surface area contributed by atoms with E-state index in [0.29, 0.717) is 17.4 Å². The highest BCUT2D eigenvalue weighted by Crippen LogP contribution is 2.52. The van der Waals surface area contributed by atoms with Crippen molar-refractivity contribution in [1.82, 2.24) is 19.6 Å². The fourth-order valence-corrected chi connectivity index (χ4v) is 5.41. The van der Waals surface area contributed by atoms with Gasteiger partial charge in [-0.1, -0.05) is 19.9 Å². The van der Waals surface area contributed by atoms with E-state index in [1.165, 1.54) is 0 Å². The Bertz CT molecular complexity index is 722. The van der Waals surface area contributed by atoms with Crippen molar-refractivity contribution in [2.75, 3.05) is 13.6 Å². The number of nitrogens with one attached hydrogen (secondary N) is 1. The van der Waals surface area contributed by atoms with Crippen molar-refractivity contribution in [2.45, 2.75) is 51.4 Å². The molecular formula is C19H28N4O. The molecule has 0 amide bonds. The summed E-state index contributed by atoms with van der Waals surface area (Å²) in [5.74, 6) is 0.633. The van der Waals surface area contributed by atoms with Crippen molar-refractivity contribution in [3.63, 3.8) is 0 Å². The van der Waals surface area contributed by atoms with Crippen LogP contribution in [0.15, 0.2) is 30.6 Å². The van der Waals surface area contributed by atoms with Crippen LogP contribution in [0.25, 0.3) is 5.65 Å². The van der Waals surface area contributed by atoms with Crippen LogP contribution in [-0.4, -0.2) is 51.2 Å². The van der Waals surface area contributed by atoms with Gasteiger partial charge in [0.05, 0.1) is 18.0 Å². The SMILES string of the molecule is CC(C)C1N(C)CC12C[C@@H](O)[C@H](NCc1cnc3ccccn13)C2. The summed E-state index contributed by atoms with van der Waals surface area (Å²) >= 11 is 0. The second kappa shape index (κ2) is 5.83. The van der Waals surface area contributed by atoms with Gasteiger partial charge in [-0.25, -0.2) is 4.98 Å². The Balaban J connectivity index is 1.44. The van der Waals surface area contributed by atoms with E-state index in [9.17, 15) is 5.11 Å². The Hall–Kier alpha value is -1.43. The quantitative estimate of drug-likeness (QED) is 0.900. The Morgan fingerprint density at radius 1 is 1.38 bits per heavy atom. The maximum Gasteiger partial charge on any atom is 0.136 e. The van der Waals surface area contributed by atoms with Crippen molar-refractivity contribution >= 4 is 5.65 Å². The molecule has 2 unspecified atom stereocenters. The van der Waals surface area contributed by atoms with Crippen molar-refractivity contribution in [3.05, 3.63) is 36.3 Å². The highest BCUT2D eigenvalue weighted by molar-refractivity contribution is 5.39. The molecule has 4 rings (SSSR count). The van der Waals surface area contributed by atoms with Crippen LogP contribution < -0.4 is 5.32 Å². The van der Waals surface area contributed by atoms with E-state index >= 15 is 0 Å². The van der Waals surface area contributed by atoms with Crippen molar-refractivity contribution in [1.29, 1.82) is 0 Å². The molecule has 2 aliphatic rings. The van der Waals surface area contributed by atoms with Crippen molar-refractivity contribution in [3.8, 4) is 0 Å². The van der Waals surface area contributed by atoms with E-state index in [1.807, 2.05) is 30.6 Å². The predicted octanol–water partition coefficient (Wildman–Crippen LogP) is 1.90. The summed E-state index contributed by atoms with van der Waals surface area (Å²) in [6.07, 6.45) is 5.71. The fourth-order valence-electron chi connectivity index (χ4n) is 5.41. The number of pyridine rings is 1. The molecule has 1 spiro atoms. The van der Waals surface area contributed by atoms with E-state index in [-0.39, 0.29) is 12.1 Å². The number of hydrogen-bond donors (Lipinski definition) is 2. The molecule has 2 aromatic heterocycles. The van der Waals surface area contributed by atoms with E-state index in [4.69, 9.17) is 0 Å². The van der Waals surface area contributed by atoms with Gasteiger partial charge in [0.25, 0.3) is 0 Å². The molecule has 4 atom stereocenters. The number of aromatic nitrogens is 2. The summed E-state index contributed by atoms with van der Waals surface area (Å²) in [4.78, 5) is 6.89. The molecule has 1 aliphatic carbocycles. The number of nitrogens with zero attached hydrogens (tertiary/aromatic N) is 3. The number of aliphatic hydroxyl groups excluding tert-OH is 1. The summed E-state index contributed by atoms with van der Waals surface area (Å²) in [5, 5.41) is 14.2. The smallest absolute Gasteiger partial charge is 0.136 e. The maximum absolute atomic E-state index is 10.6. The van der Waals surface area contributed by atoms with Gasteiger partial charge < -0.3 is 19.7 Å². The van der Waals surface area contributed by atoms with Crippen LogP contribution in [0.2, 0.25) is 0 Å². The average molecular weight is 328 g/mol. The van der Waals surface area contributed by atoms with E-state index in [1.54, 1.807) is 0 Å². The van der Waals surface area contributed by atoms with E-state index in [2.05, 4.69) is 40.5 Å². The monoisotopic (exact) mass is 328 g/mol. The minimum Gasteiger partial charge on any atom is -0.391 e. The lowest BCUT2D eigenvalue weighted by molar-refractivity contribution is -0.0828. The maximum atomic E-state index is 10.6. The molecular weight excluding hydrogens is 300 g/mol. The van der Waals surface area contributed by atoms with Crippen LogP contribution >= 0.6 is 0 Å². The van der Waals surface area contributed by atoms with Crippen LogP contribution in [0, 0.1) is 11.3 Å². The van der Waals surface area contributed by atoms with Crippen LogP contribution in [0.4, 0.5) is 0 Å². The molecule has 5 nitrogen and oxygen atoms in total. The zero-order valence-electron chi connectivity index (χ0n) is 14.8. The molecule has 2 N–H and O–H groups in total. The average Bonchev–Trinajstić information content (AvgIpc) is 3.06. The lowest BCUT2D eigenvalue weighted by Crippen LogP contribution is -2.64. The summed E-state index contributed by atoms with van der Waals surface area (Å²) < 4.78 is 2.11. The molecule has 0 radical (unpaired) electrons. The second-order valence-electron chi connectivity index (χ2n) is 8.11. The normalized spacial score (nSPS) is 33.6. The Morgan fingerprint density at radius 2 is 2.21 bits per heavy atom. The fraction of sp³-hybridized carbons (Fsp3) is 0.632. The van der Waals surface area contributed by atoms with Crippen LogP contribution in [0.3, 0.4) is 0 Å². The number of imidazole rings is 1. The van der Waals surface area contributed by atoms with Gasteiger partial charge in [0.15, 0.2) is 0 Å². The first kappa shape index (κ1) is 16.1. The molecule has 2 fully saturated rings. The first-order valence-corrected chi connectivity index (χ1v) is 9.03. The topological polar surface area (TPSA) is 52.8 Å². The highest BCUT2D eigenvalue weighted by Gasteiger charge is 2.57. The Kier molecular flexibility index (Phi) is 3.90. The van der Waals surface area contributed by atoms with Crippen LogP contribution in [0.1, 0.15) is 32.4 Å². The number of likely N-dealkylation sites (tertiary alicyclic amines) is 1. The molecule has 2 aromatic rings. The molecule has 5 heteroatoms. The molecule has 1 aliphatic heterocycles. The Labute approximate surface area is 143 Å². The van der Waals surface area contributed by atoms with Gasteiger partial charge in [-0.15, -0.1) is 0 Å². The molecule has 24 heavy (non-hydrogen) atoms. The largest absolute Gasteiger partial charge is 0.391 e. The molecule has 130 valence electrons. The predicted molar refractivity (Wildman–Crippen MR) is 94.7 cm³/mol. The van der Waals surface area contributed by atoms with Gasteiger partial charge in [-0.3, -0.25) is 0 Å². The lowest BCUT2D eigenvalue weighted by atomic mass is 9.66. The van der Waals surface area contributed by atoms with Crippen molar-refractivity contribution < 1.29 is 5.11 Å². The molecule has 0 aromatic carbocycles. The van der Waals surface area contributed by atoms with Gasteiger partial charge in [-0.05, 0) is 37.9 Å². The second-order valence-corrected chi connectivity index (χ2v) is 8.11. The van der Waals surface area contributed by atoms with Gasteiger partial charge in [0.1, 0.15) is 5.65 Å². The lowest BCUT2D eigenvalue weighted by Gasteiger charge is -2.57. The Morgan fingerprint density at radius 3 is 2.96 bits per heavy atom. The molecule has 0 bridgehead atoms. The molecule has 3 heterocycles. The van der Waals surface area contributed by atoms with E-state index in [0.717, 1.165) is 37.3 Å². The summed E-state index contributed by atoms with van der Waals surface area (Å²) in [5.41, 5.74) is 2.41. The molecule has 1 saturated carbocycles. The van der Waals surface area contributed by atoms with Gasteiger partial charge in [-0.2, -0.15) is 0 Å². The summed E-state index contributed by atoms with van der Waals surface area (Å²) in [7, 11) is 2.21. The first-order chi connectivity index (χ1) is 11.5. The van der Waals surface area contributed by atoms with E-state index < -0.39 is 0 Å². The third-order valence-corrected chi connectivity index (χ3v) is 6.04. The minimum atomic E-state index is -0.251. The zero-order valence-corrected chi connectivity index (χ0v) is 14.8. The van der Waals surface area contributed by atoms with Crippen LogP contribution in [0.5, 0.6) is 0 Å². The van der Waals surface area contributed by atoms with Gasteiger partial charge in [0.2, 0.25) is 0 Å². The molecule has 1 saturated heterocycles. The third-order valence-electron chi connectivity index (χ3n) is 6.04. The highest BCUT2D eigenvalue weighted by atomic mass is 16.3. The van der Waals surface area contributed by atoms with Gasteiger partial charge >= 0.3 is 0 Å². The summed E-state index contributed by atoms with van der Waals surface area (Å²) in [6, 6.07) is 6.81. The number of rotatable bonds is 4. The zero-order chi connectivity index (χ0) is 16.9. The van der Waals surface area contributed by atoms with Crippen LogP contribution in [-0.2, 0) is 6.54 Å². The minimum absolute atomic E-state index is 0.175. The number of aliphatic hydroxyl groups is 1. The summed E-state index contributed by atoms with van der Waals surface area (Å²) in [6.45, 7) is 6.45.